The third kappa shape index (κ3) is 4.78. The van der Waals surface area contributed by atoms with E-state index in [1.807, 2.05) is 26.1 Å². The van der Waals surface area contributed by atoms with Gasteiger partial charge in [-0.3, -0.25) is 9.78 Å². The van der Waals surface area contributed by atoms with E-state index >= 15 is 0 Å². The summed E-state index contributed by atoms with van der Waals surface area (Å²) in [5.41, 5.74) is 0.936. The molecule has 0 aromatic carbocycles. The van der Waals surface area contributed by atoms with Crippen LogP contribution in [0.15, 0.2) is 30.6 Å². The van der Waals surface area contributed by atoms with Crippen LogP contribution in [0.4, 0.5) is 0 Å². The minimum Gasteiger partial charge on any atom is -0.338 e. The average molecular weight is 233 g/mol. The Balaban J connectivity index is 2.55. The van der Waals surface area contributed by atoms with Gasteiger partial charge in [0.15, 0.2) is 0 Å². The molecule has 0 saturated heterocycles. The molecule has 0 aliphatic heterocycles. The van der Waals surface area contributed by atoms with Gasteiger partial charge < -0.3 is 10.2 Å². The summed E-state index contributed by atoms with van der Waals surface area (Å²) in [5.74, 6) is 0.0339. The first-order valence-electron chi connectivity index (χ1n) is 5.79. The molecule has 0 bridgehead atoms. The Bertz CT molecular complexity index is 362. The van der Waals surface area contributed by atoms with Crippen molar-refractivity contribution in [2.75, 3.05) is 26.7 Å². The quantitative estimate of drug-likeness (QED) is 0.750. The predicted molar refractivity (Wildman–Crippen MR) is 69.5 cm³/mol. The SMILES string of the molecule is CCN(CCNC)C(=O)C=Cc1cccnc1. The molecule has 0 aliphatic carbocycles. The molecular weight excluding hydrogens is 214 g/mol. The second-order valence-corrected chi connectivity index (χ2v) is 3.64. The molecule has 1 amide bonds. The fourth-order valence-electron chi connectivity index (χ4n) is 1.42. The number of carbonyl (C=O) groups excluding carboxylic acids is 1. The van der Waals surface area contributed by atoms with Gasteiger partial charge >= 0.3 is 0 Å². The third-order valence-electron chi connectivity index (χ3n) is 2.43. The number of carbonyl (C=O) groups is 1. The van der Waals surface area contributed by atoms with Gasteiger partial charge in [0.2, 0.25) is 5.91 Å². The molecule has 1 aromatic heterocycles. The summed E-state index contributed by atoms with van der Waals surface area (Å²) in [4.78, 5) is 17.6. The summed E-state index contributed by atoms with van der Waals surface area (Å²) in [5, 5.41) is 3.03. The molecule has 0 radical (unpaired) electrons. The van der Waals surface area contributed by atoms with Crippen molar-refractivity contribution in [1.82, 2.24) is 15.2 Å². The maximum absolute atomic E-state index is 11.8. The summed E-state index contributed by atoms with van der Waals surface area (Å²) in [6, 6.07) is 3.77. The molecule has 1 rings (SSSR count). The number of likely N-dealkylation sites (N-methyl/N-ethyl adjacent to an activating group) is 2. The van der Waals surface area contributed by atoms with Gasteiger partial charge in [0.05, 0.1) is 0 Å². The molecule has 4 nitrogen and oxygen atoms in total. The van der Waals surface area contributed by atoms with Gasteiger partial charge in [-0.05, 0) is 31.7 Å². The molecule has 0 unspecified atom stereocenters. The van der Waals surface area contributed by atoms with Crippen molar-refractivity contribution in [2.24, 2.45) is 0 Å². The Kier molecular flexibility index (Phi) is 5.96. The molecule has 0 aliphatic rings. The van der Waals surface area contributed by atoms with E-state index in [1.165, 1.54) is 0 Å². The lowest BCUT2D eigenvalue weighted by molar-refractivity contribution is -0.125. The Morgan fingerprint density at radius 1 is 1.59 bits per heavy atom. The van der Waals surface area contributed by atoms with Crippen LogP contribution in [-0.4, -0.2) is 42.5 Å². The first-order chi connectivity index (χ1) is 8.27. The van der Waals surface area contributed by atoms with E-state index in [4.69, 9.17) is 0 Å². The molecule has 92 valence electrons. The zero-order valence-corrected chi connectivity index (χ0v) is 10.4. The predicted octanol–water partition coefficient (Wildman–Crippen LogP) is 1.16. The molecule has 1 heterocycles. The molecule has 4 heteroatoms. The van der Waals surface area contributed by atoms with Crippen LogP contribution in [0.25, 0.3) is 6.08 Å². The van der Waals surface area contributed by atoms with E-state index in [-0.39, 0.29) is 5.91 Å². The summed E-state index contributed by atoms with van der Waals surface area (Å²) < 4.78 is 0. The largest absolute Gasteiger partial charge is 0.338 e. The van der Waals surface area contributed by atoms with Crippen molar-refractivity contribution in [3.05, 3.63) is 36.2 Å². The molecule has 17 heavy (non-hydrogen) atoms. The third-order valence-corrected chi connectivity index (χ3v) is 2.43. The highest BCUT2D eigenvalue weighted by molar-refractivity contribution is 5.91. The van der Waals surface area contributed by atoms with Crippen LogP contribution < -0.4 is 5.32 Å². The fourth-order valence-corrected chi connectivity index (χ4v) is 1.42. The maximum Gasteiger partial charge on any atom is 0.246 e. The summed E-state index contributed by atoms with van der Waals surface area (Å²) in [6.45, 7) is 4.23. The van der Waals surface area contributed by atoms with Crippen molar-refractivity contribution in [1.29, 1.82) is 0 Å². The second kappa shape index (κ2) is 7.57. The molecule has 0 spiro atoms. The standard InChI is InChI=1S/C13H19N3O/c1-3-16(10-9-14-2)13(17)7-6-12-5-4-8-15-11-12/h4-8,11,14H,3,9-10H2,1-2H3. The highest BCUT2D eigenvalue weighted by Gasteiger charge is 2.06. The second-order valence-electron chi connectivity index (χ2n) is 3.64. The Hall–Kier alpha value is -1.68. The number of hydrogen-bond donors (Lipinski definition) is 1. The van der Waals surface area contributed by atoms with Gasteiger partial charge in [-0.2, -0.15) is 0 Å². The van der Waals surface area contributed by atoms with Gasteiger partial charge in [-0.15, -0.1) is 0 Å². The van der Waals surface area contributed by atoms with Crippen LogP contribution in [0.1, 0.15) is 12.5 Å². The number of nitrogens with one attached hydrogen (secondary N) is 1. The van der Waals surface area contributed by atoms with Gasteiger partial charge in [0.1, 0.15) is 0 Å². The minimum atomic E-state index is 0.0339. The first kappa shape index (κ1) is 13.4. The van der Waals surface area contributed by atoms with Crippen molar-refractivity contribution in [3.63, 3.8) is 0 Å². The lowest BCUT2D eigenvalue weighted by Gasteiger charge is -2.18. The Morgan fingerprint density at radius 3 is 3.00 bits per heavy atom. The van der Waals surface area contributed by atoms with Crippen LogP contribution >= 0.6 is 0 Å². The van der Waals surface area contributed by atoms with Gasteiger partial charge in [-0.25, -0.2) is 0 Å². The number of rotatable bonds is 6. The maximum atomic E-state index is 11.8. The van der Waals surface area contributed by atoms with E-state index in [9.17, 15) is 4.79 Å². The van der Waals surface area contributed by atoms with Crippen LogP contribution in [-0.2, 0) is 4.79 Å². The zero-order valence-electron chi connectivity index (χ0n) is 10.4. The number of pyridine rings is 1. The van der Waals surface area contributed by atoms with E-state index in [0.717, 1.165) is 25.2 Å². The fraction of sp³-hybridized carbons (Fsp3) is 0.385. The van der Waals surface area contributed by atoms with Crippen molar-refractivity contribution >= 4 is 12.0 Å². The number of aromatic nitrogens is 1. The molecule has 1 aromatic rings. The van der Waals surface area contributed by atoms with Crippen LogP contribution in [0.3, 0.4) is 0 Å². The van der Waals surface area contributed by atoms with E-state index in [0.29, 0.717) is 0 Å². The lowest BCUT2D eigenvalue weighted by atomic mass is 10.2. The first-order valence-corrected chi connectivity index (χ1v) is 5.79. The minimum absolute atomic E-state index is 0.0339. The van der Waals surface area contributed by atoms with Gasteiger partial charge in [0.25, 0.3) is 0 Å². The van der Waals surface area contributed by atoms with Crippen molar-refractivity contribution < 1.29 is 4.79 Å². The Morgan fingerprint density at radius 2 is 2.41 bits per heavy atom. The zero-order chi connectivity index (χ0) is 12.5. The monoisotopic (exact) mass is 233 g/mol. The molecule has 1 N–H and O–H groups in total. The number of amides is 1. The van der Waals surface area contributed by atoms with Gasteiger partial charge in [-0.1, -0.05) is 6.07 Å². The van der Waals surface area contributed by atoms with E-state index < -0.39 is 0 Å². The van der Waals surface area contributed by atoms with Crippen LogP contribution in [0.2, 0.25) is 0 Å². The lowest BCUT2D eigenvalue weighted by Crippen LogP contribution is -2.34. The number of hydrogen-bond acceptors (Lipinski definition) is 3. The number of nitrogens with zero attached hydrogens (tertiary/aromatic N) is 2. The summed E-state index contributed by atoms with van der Waals surface area (Å²) >= 11 is 0. The van der Waals surface area contributed by atoms with Crippen LogP contribution in [0.5, 0.6) is 0 Å². The Labute approximate surface area is 102 Å². The topological polar surface area (TPSA) is 45.2 Å². The van der Waals surface area contributed by atoms with Crippen molar-refractivity contribution in [2.45, 2.75) is 6.92 Å². The van der Waals surface area contributed by atoms with E-state index in [2.05, 4.69) is 10.3 Å². The molecule has 0 saturated carbocycles. The molecule has 0 fully saturated rings. The highest BCUT2D eigenvalue weighted by atomic mass is 16.2. The molecular formula is C13H19N3O. The average Bonchev–Trinajstić information content (AvgIpc) is 2.38. The van der Waals surface area contributed by atoms with E-state index in [1.54, 1.807) is 29.4 Å². The van der Waals surface area contributed by atoms with Gasteiger partial charge in [0, 0.05) is 38.1 Å². The normalized spacial score (nSPS) is 10.7. The molecule has 0 atom stereocenters. The smallest absolute Gasteiger partial charge is 0.246 e. The summed E-state index contributed by atoms with van der Waals surface area (Å²) in [6.07, 6.45) is 6.83. The van der Waals surface area contributed by atoms with Crippen molar-refractivity contribution in [3.8, 4) is 0 Å². The highest BCUT2D eigenvalue weighted by Crippen LogP contribution is 2.00. The van der Waals surface area contributed by atoms with Crippen LogP contribution in [0, 0.1) is 0 Å². The summed E-state index contributed by atoms with van der Waals surface area (Å²) in [7, 11) is 1.88.